The Bertz CT molecular complexity index is 171. The SMILES string of the molecule is CC(C)(C)CC1=NNCN1F. The van der Waals surface area contributed by atoms with Gasteiger partial charge in [-0.15, -0.1) is 0 Å². The molecular weight excluding hydrogens is 145 g/mol. The van der Waals surface area contributed by atoms with Gasteiger partial charge in [-0.05, 0) is 5.41 Å². The molecule has 0 radical (unpaired) electrons. The quantitative estimate of drug-likeness (QED) is 0.587. The minimum absolute atomic E-state index is 0.0925. The van der Waals surface area contributed by atoms with Gasteiger partial charge in [-0.2, -0.15) is 10.2 Å². The Kier molecular flexibility index (Phi) is 2.02. The number of amidine groups is 1. The van der Waals surface area contributed by atoms with Gasteiger partial charge >= 0.3 is 0 Å². The fraction of sp³-hybridized carbons (Fsp3) is 0.857. The summed E-state index contributed by atoms with van der Waals surface area (Å²) in [6.07, 6.45) is 0.663. The zero-order chi connectivity index (χ0) is 8.48. The molecule has 1 rings (SSSR count). The first kappa shape index (κ1) is 8.30. The van der Waals surface area contributed by atoms with Crippen molar-refractivity contribution in [1.29, 1.82) is 0 Å². The molecule has 0 aromatic rings. The number of nitrogens with one attached hydrogen (secondary N) is 1. The van der Waals surface area contributed by atoms with Crippen molar-refractivity contribution in [2.75, 3.05) is 6.67 Å². The highest BCUT2D eigenvalue weighted by atomic mass is 19.2. The Morgan fingerprint density at radius 1 is 1.64 bits per heavy atom. The van der Waals surface area contributed by atoms with Crippen LogP contribution in [0.25, 0.3) is 0 Å². The molecule has 0 amide bonds. The predicted octanol–water partition coefficient (Wildman–Crippen LogP) is 1.48. The smallest absolute Gasteiger partial charge is 0.156 e. The van der Waals surface area contributed by atoms with Gasteiger partial charge in [0.2, 0.25) is 0 Å². The van der Waals surface area contributed by atoms with Crippen molar-refractivity contribution in [3.05, 3.63) is 0 Å². The summed E-state index contributed by atoms with van der Waals surface area (Å²) in [7, 11) is 0. The average molecular weight is 159 g/mol. The molecule has 64 valence electrons. The van der Waals surface area contributed by atoms with Crippen LogP contribution in [0.15, 0.2) is 5.10 Å². The lowest BCUT2D eigenvalue weighted by atomic mass is 9.92. The summed E-state index contributed by atoms with van der Waals surface area (Å²) >= 11 is 0. The van der Waals surface area contributed by atoms with Gasteiger partial charge in [0.15, 0.2) is 5.84 Å². The maximum Gasteiger partial charge on any atom is 0.156 e. The number of nitrogens with zero attached hydrogens (tertiary/aromatic N) is 2. The van der Waals surface area contributed by atoms with Crippen LogP contribution in [0, 0.1) is 5.41 Å². The van der Waals surface area contributed by atoms with Crippen LogP contribution in [0.2, 0.25) is 0 Å². The largest absolute Gasteiger partial charge is 0.286 e. The standard InChI is InChI=1S/C7H14FN3/c1-7(2,3)4-6-10-9-5-11(6)8/h9H,4-5H2,1-3H3. The second-order valence-electron chi connectivity index (χ2n) is 3.94. The zero-order valence-electron chi connectivity index (χ0n) is 7.19. The van der Waals surface area contributed by atoms with Crippen molar-refractivity contribution in [2.24, 2.45) is 10.5 Å². The molecule has 1 N–H and O–H groups in total. The lowest BCUT2D eigenvalue weighted by Gasteiger charge is -2.18. The van der Waals surface area contributed by atoms with Crippen molar-refractivity contribution >= 4 is 5.84 Å². The summed E-state index contributed by atoms with van der Waals surface area (Å²) in [5, 5.41) is 4.46. The molecule has 11 heavy (non-hydrogen) atoms. The average Bonchev–Trinajstić information content (AvgIpc) is 2.12. The Morgan fingerprint density at radius 2 is 2.27 bits per heavy atom. The van der Waals surface area contributed by atoms with Crippen LogP contribution in [-0.2, 0) is 0 Å². The van der Waals surface area contributed by atoms with Gasteiger partial charge in [0.1, 0.15) is 6.67 Å². The van der Waals surface area contributed by atoms with E-state index in [2.05, 4.69) is 31.3 Å². The number of hydrogen-bond acceptors (Lipinski definition) is 3. The Labute approximate surface area is 66.2 Å². The molecule has 4 heteroatoms. The molecule has 0 aromatic heterocycles. The Morgan fingerprint density at radius 3 is 2.64 bits per heavy atom. The predicted molar refractivity (Wildman–Crippen MR) is 42.5 cm³/mol. The third-order valence-electron chi connectivity index (χ3n) is 1.39. The van der Waals surface area contributed by atoms with Gasteiger partial charge < -0.3 is 0 Å². The summed E-state index contributed by atoms with van der Waals surface area (Å²) in [6, 6.07) is 0. The molecule has 0 fully saturated rings. The van der Waals surface area contributed by atoms with Crippen LogP contribution in [0.4, 0.5) is 4.48 Å². The van der Waals surface area contributed by atoms with E-state index in [1.807, 2.05) is 0 Å². The molecule has 1 heterocycles. The van der Waals surface area contributed by atoms with E-state index in [1.54, 1.807) is 0 Å². The molecule has 0 aliphatic carbocycles. The van der Waals surface area contributed by atoms with Crippen molar-refractivity contribution in [3.63, 3.8) is 0 Å². The fourth-order valence-corrected chi connectivity index (χ4v) is 0.934. The second kappa shape index (κ2) is 2.68. The van der Waals surface area contributed by atoms with Crippen molar-refractivity contribution in [1.82, 2.24) is 10.5 Å². The monoisotopic (exact) mass is 159 g/mol. The van der Waals surface area contributed by atoms with E-state index < -0.39 is 0 Å². The van der Waals surface area contributed by atoms with Gasteiger partial charge in [0.25, 0.3) is 0 Å². The highest BCUT2D eigenvalue weighted by Crippen LogP contribution is 2.21. The second-order valence-corrected chi connectivity index (χ2v) is 3.94. The molecule has 0 atom stereocenters. The number of rotatable bonds is 1. The van der Waals surface area contributed by atoms with Gasteiger partial charge in [-0.25, -0.2) is 0 Å². The summed E-state index contributed by atoms with van der Waals surface area (Å²) in [6.45, 7) is 6.36. The van der Waals surface area contributed by atoms with Crippen LogP contribution in [0.5, 0.6) is 0 Å². The lowest BCUT2D eigenvalue weighted by Crippen LogP contribution is -2.24. The number of hydrazone groups is 1. The Hall–Kier alpha value is -0.800. The maximum absolute atomic E-state index is 12.8. The fourth-order valence-electron chi connectivity index (χ4n) is 0.934. The third-order valence-corrected chi connectivity index (χ3v) is 1.39. The highest BCUT2D eigenvalue weighted by Gasteiger charge is 2.22. The van der Waals surface area contributed by atoms with Crippen LogP contribution >= 0.6 is 0 Å². The van der Waals surface area contributed by atoms with Crippen LogP contribution < -0.4 is 5.43 Å². The highest BCUT2D eigenvalue weighted by molar-refractivity contribution is 5.82. The van der Waals surface area contributed by atoms with Crippen LogP contribution in [-0.4, -0.2) is 17.6 Å². The van der Waals surface area contributed by atoms with E-state index in [0.29, 0.717) is 17.4 Å². The van der Waals surface area contributed by atoms with E-state index >= 15 is 0 Å². The molecular formula is C7H14FN3. The van der Waals surface area contributed by atoms with Crippen molar-refractivity contribution < 1.29 is 4.48 Å². The van der Waals surface area contributed by atoms with Gasteiger partial charge in [-0.3, -0.25) is 5.43 Å². The first-order valence-electron chi connectivity index (χ1n) is 3.72. The Balaban J connectivity index is 2.49. The zero-order valence-corrected chi connectivity index (χ0v) is 7.19. The molecule has 1 aliphatic heterocycles. The first-order valence-corrected chi connectivity index (χ1v) is 3.72. The van der Waals surface area contributed by atoms with E-state index in [4.69, 9.17) is 0 Å². The molecule has 0 saturated heterocycles. The number of hydrogen-bond donors (Lipinski definition) is 1. The first-order chi connectivity index (χ1) is 4.99. The molecule has 0 aromatic carbocycles. The van der Waals surface area contributed by atoms with Crippen LogP contribution in [0.3, 0.4) is 0 Å². The topological polar surface area (TPSA) is 27.6 Å². The van der Waals surface area contributed by atoms with Gasteiger partial charge in [-0.1, -0.05) is 25.3 Å². The number of halogens is 1. The van der Waals surface area contributed by atoms with Crippen molar-refractivity contribution in [3.8, 4) is 0 Å². The summed E-state index contributed by atoms with van der Waals surface area (Å²) in [5.41, 5.74) is 2.68. The third kappa shape index (κ3) is 2.37. The summed E-state index contributed by atoms with van der Waals surface area (Å²) in [5.74, 6) is 0.498. The minimum atomic E-state index is 0.0925. The van der Waals surface area contributed by atoms with Crippen molar-refractivity contribution in [2.45, 2.75) is 27.2 Å². The van der Waals surface area contributed by atoms with E-state index in [9.17, 15) is 4.48 Å². The maximum atomic E-state index is 12.8. The molecule has 3 nitrogen and oxygen atoms in total. The summed E-state index contributed by atoms with van der Waals surface area (Å²) in [4.78, 5) is 0. The van der Waals surface area contributed by atoms with E-state index in [-0.39, 0.29) is 12.1 Å². The molecule has 0 unspecified atom stereocenters. The molecule has 1 aliphatic rings. The van der Waals surface area contributed by atoms with E-state index in [1.165, 1.54) is 0 Å². The molecule has 0 spiro atoms. The minimum Gasteiger partial charge on any atom is -0.286 e. The van der Waals surface area contributed by atoms with Gasteiger partial charge in [0, 0.05) is 6.42 Å². The van der Waals surface area contributed by atoms with Gasteiger partial charge in [0.05, 0.1) is 0 Å². The molecule has 0 saturated carbocycles. The lowest BCUT2D eigenvalue weighted by molar-refractivity contribution is 0.121. The van der Waals surface area contributed by atoms with E-state index in [0.717, 1.165) is 0 Å². The summed E-state index contributed by atoms with van der Waals surface area (Å²) < 4.78 is 12.8. The van der Waals surface area contributed by atoms with Crippen LogP contribution in [0.1, 0.15) is 27.2 Å². The normalized spacial score (nSPS) is 18.2. The molecule has 0 bridgehead atoms.